The topological polar surface area (TPSA) is 41.1 Å². The third-order valence-electron chi connectivity index (χ3n) is 3.87. The van der Waals surface area contributed by atoms with E-state index in [1.165, 1.54) is 38.5 Å². The minimum Gasteiger partial charge on any atom is -0.325 e. The fourth-order valence-electron chi connectivity index (χ4n) is 2.69. The van der Waals surface area contributed by atoms with Gasteiger partial charge in [0.1, 0.15) is 0 Å². The molecular formula is C16H22Cl2N2O. The summed E-state index contributed by atoms with van der Waals surface area (Å²) in [5.41, 5.74) is 0.573. The molecule has 1 aliphatic rings. The molecule has 0 unspecified atom stereocenters. The largest absolute Gasteiger partial charge is 0.325 e. The molecule has 2 rings (SSSR count). The van der Waals surface area contributed by atoms with Crippen molar-refractivity contribution < 1.29 is 4.79 Å². The first-order valence-corrected chi connectivity index (χ1v) is 8.39. The van der Waals surface area contributed by atoms with Crippen LogP contribution in [0.15, 0.2) is 18.2 Å². The van der Waals surface area contributed by atoms with Gasteiger partial charge in [-0.05, 0) is 25.0 Å². The van der Waals surface area contributed by atoms with Crippen molar-refractivity contribution in [3.63, 3.8) is 0 Å². The Hall–Kier alpha value is -0.770. The van der Waals surface area contributed by atoms with Gasteiger partial charge in [-0.25, -0.2) is 0 Å². The van der Waals surface area contributed by atoms with Crippen molar-refractivity contribution >= 4 is 34.8 Å². The van der Waals surface area contributed by atoms with E-state index in [1.807, 2.05) is 0 Å². The summed E-state index contributed by atoms with van der Waals surface area (Å²) in [4.78, 5) is 11.9. The van der Waals surface area contributed by atoms with Gasteiger partial charge in [-0.15, -0.1) is 0 Å². The second-order valence-corrected chi connectivity index (χ2v) is 6.33. The number of carbonyl (C=O) groups excluding carboxylic acids is 1. The van der Waals surface area contributed by atoms with E-state index >= 15 is 0 Å². The van der Waals surface area contributed by atoms with E-state index in [-0.39, 0.29) is 5.91 Å². The third-order valence-corrected chi connectivity index (χ3v) is 4.68. The summed E-state index contributed by atoms with van der Waals surface area (Å²) in [6.07, 6.45) is 8.16. The molecule has 0 bridgehead atoms. The van der Waals surface area contributed by atoms with E-state index in [1.54, 1.807) is 18.2 Å². The van der Waals surface area contributed by atoms with E-state index in [2.05, 4.69) is 10.6 Å². The van der Waals surface area contributed by atoms with Gasteiger partial charge in [0.25, 0.3) is 0 Å². The average Bonchev–Trinajstić information content (AvgIpc) is 2.73. The van der Waals surface area contributed by atoms with Gasteiger partial charge in [0.05, 0.1) is 15.7 Å². The zero-order valence-corrected chi connectivity index (χ0v) is 13.6. The Bertz CT molecular complexity index is 471. The van der Waals surface area contributed by atoms with Gasteiger partial charge in [0, 0.05) is 19.0 Å². The van der Waals surface area contributed by atoms with Gasteiger partial charge >= 0.3 is 0 Å². The van der Waals surface area contributed by atoms with Gasteiger partial charge < -0.3 is 10.6 Å². The van der Waals surface area contributed by atoms with Crippen LogP contribution in [-0.2, 0) is 4.79 Å². The van der Waals surface area contributed by atoms with Crippen molar-refractivity contribution in [1.82, 2.24) is 5.32 Å². The lowest BCUT2D eigenvalue weighted by molar-refractivity contribution is -0.116. The molecule has 21 heavy (non-hydrogen) atoms. The molecule has 116 valence electrons. The summed E-state index contributed by atoms with van der Waals surface area (Å²) < 4.78 is 0. The number of amides is 1. The molecule has 0 radical (unpaired) electrons. The smallest absolute Gasteiger partial charge is 0.225 e. The zero-order valence-electron chi connectivity index (χ0n) is 12.1. The first-order valence-electron chi connectivity index (χ1n) is 7.64. The van der Waals surface area contributed by atoms with Crippen LogP contribution in [0.3, 0.4) is 0 Å². The molecule has 2 N–H and O–H groups in total. The third kappa shape index (κ3) is 5.50. The number of halogens is 2. The van der Waals surface area contributed by atoms with Gasteiger partial charge in [-0.2, -0.15) is 0 Å². The van der Waals surface area contributed by atoms with Gasteiger partial charge in [0.15, 0.2) is 0 Å². The van der Waals surface area contributed by atoms with Crippen molar-refractivity contribution in [2.24, 2.45) is 0 Å². The molecule has 1 fully saturated rings. The van der Waals surface area contributed by atoms with Gasteiger partial charge in [-0.1, -0.05) is 55.0 Å². The molecule has 0 atom stereocenters. The molecule has 1 aliphatic carbocycles. The SMILES string of the molecule is O=C(CCNC1CCCCCC1)Nc1cccc(Cl)c1Cl. The number of benzene rings is 1. The minimum atomic E-state index is -0.0414. The lowest BCUT2D eigenvalue weighted by atomic mass is 10.1. The monoisotopic (exact) mass is 328 g/mol. The maximum atomic E-state index is 11.9. The van der Waals surface area contributed by atoms with Crippen LogP contribution < -0.4 is 10.6 Å². The maximum Gasteiger partial charge on any atom is 0.225 e. The quantitative estimate of drug-likeness (QED) is 0.773. The number of carbonyl (C=O) groups is 1. The molecule has 1 aromatic carbocycles. The van der Waals surface area contributed by atoms with Crippen molar-refractivity contribution in [2.45, 2.75) is 51.0 Å². The highest BCUT2D eigenvalue weighted by molar-refractivity contribution is 6.43. The van der Waals surface area contributed by atoms with Crippen LogP contribution in [0.25, 0.3) is 0 Å². The Morgan fingerprint density at radius 1 is 1.14 bits per heavy atom. The highest BCUT2D eigenvalue weighted by Crippen LogP contribution is 2.29. The normalized spacial score (nSPS) is 16.5. The van der Waals surface area contributed by atoms with Crippen LogP contribution in [0.2, 0.25) is 10.0 Å². The summed E-state index contributed by atoms with van der Waals surface area (Å²) >= 11 is 12.0. The van der Waals surface area contributed by atoms with E-state index in [9.17, 15) is 4.79 Å². The van der Waals surface area contributed by atoms with Crippen LogP contribution in [0, 0.1) is 0 Å². The zero-order chi connectivity index (χ0) is 15.1. The number of nitrogens with one attached hydrogen (secondary N) is 2. The van der Waals surface area contributed by atoms with Crippen molar-refractivity contribution in [1.29, 1.82) is 0 Å². The number of anilines is 1. The molecule has 0 spiro atoms. The first kappa shape index (κ1) is 16.6. The second-order valence-electron chi connectivity index (χ2n) is 5.54. The predicted octanol–water partition coefficient (Wildman–Crippen LogP) is 4.63. The van der Waals surface area contributed by atoms with Crippen LogP contribution in [0.5, 0.6) is 0 Å². The lowest BCUT2D eigenvalue weighted by Crippen LogP contribution is -2.31. The Labute approximate surface area is 136 Å². The van der Waals surface area contributed by atoms with E-state index in [4.69, 9.17) is 23.2 Å². The fraction of sp³-hybridized carbons (Fsp3) is 0.562. The first-order chi connectivity index (χ1) is 10.2. The molecule has 3 nitrogen and oxygen atoms in total. The summed E-state index contributed by atoms with van der Waals surface area (Å²) in [7, 11) is 0. The molecule has 1 aromatic rings. The summed E-state index contributed by atoms with van der Waals surface area (Å²) in [5.74, 6) is -0.0414. The summed E-state index contributed by atoms with van der Waals surface area (Å²) in [6, 6.07) is 5.79. The second kappa shape index (κ2) is 8.62. The Balaban J connectivity index is 1.73. The number of rotatable bonds is 5. The molecule has 0 aliphatic heterocycles. The summed E-state index contributed by atoms with van der Waals surface area (Å²) in [5, 5.41) is 7.13. The highest BCUT2D eigenvalue weighted by atomic mass is 35.5. The van der Waals surface area contributed by atoms with Crippen LogP contribution in [0.1, 0.15) is 44.9 Å². The molecular weight excluding hydrogens is 307 g/mol. The van der Waals surface area contributed by atoms with Crippen LogP contribution in [-0.4, -0.2) is 18.5 Å². The average molecular weight is 329 g/mol. The molecule has 5 heteroatoms. The number of hydrogen-bond donors (Lipinski definition) is 2. The Morgan fingerprint density at radius 2 is 1.86 bits per heavy atom. The van der Waals surface area contributed by atoms with Crippen molar-refractivity contribution in [3.05, 3.63) is 28.2 Å². The maximum absolute atomic E-state index is 11.9. The predicted molar refractivity (Wildman–Crippen MR) is 89.2 cm³/mol. The van der Waals surface area contributed by atoms with Crippen molar-refractivity contribution in [2.75, 3.05) is 11.9 Å². The van der Waals surface area contributed by atoms with Crippen LogP contribution in [0.4, 0.5) is 5.69 Å². The van der Waals surface area contributed by atoms with E-state index in [0.29, 0.717) is 34.7 Å². The van der Waals surface area contributed by atoms with Gasteiger partial charge in [-0.3, -0.25) is 4.79 Å². The van der Waals surface area contributed by atoms with Crippen LogP contribution >= 0.6 is 23.2 Å². The Morgan fingerprint density at radius 3 is 2.57 bits per heavy atom. The molecule has 0 heterocycles. The number of hydrogen-bond acceptors (Lipinski definition) is 2. The molecule has 1 saturated carbocycles. The fourth-order valence-corrected chi connectivity index (χ4v) is 3.03. The van der Waals surface area contributed by atoms with E-state index < -0.39 is 0 Å². The molecule has 0 saturated heterocycles. The minimum absolute atomic E-state index is 0.0414. The lowest BCUT2D eigenvalue weighted by Gasteiger charge is -2.16. The standard InChI is InChI=1S/C16H22Cl2N2O/c17-13-8-5-9-14(16(13)18)20-15(21)10-11-19-12-6-3-1-2-4-7-12/h5,8-9,12,19H,1-4,6-7,10-11H2,(H,20,21). The highest BCUT2D eigenvalue weighted by Gasteiger charge is 2.12. The van der Waals surface area contributed by atoms with E-state index in [0.717, 1.165) is 0 Å². The Kier molecular flexibility index (Phi) is 6.81. The molecule has 1 amide bonds. The molecule has 0 aromatic heterocycles. The van der Waals surface area contributed by atoms with Crippen molar-refractivity contribution in [3.8, 4) is 0 Å². The summed E-state index contributed by atoms with van der Waals surface area (Å²) in [6.45, 7) is 0.703. The van der Waals surface area contributed by atoms with Gasteiger partial charge in [0.2, 0.25) is 5.91 Å².